The molecule has 0 aliphatic carbocycles. The molecule has 1 unspecified atom stereocenters. The van der Waals surface area contributed by atoms with Crippen LogP contribution in [0.25, 0.3) is 0 Å². The number of fused-ring (bicyclic) bond motifs is 2. The molecule has 4 N–H and O–H groups in total. The lowest BCUT2D eigenvalue weighted by Gasteiger charge is -2.41. The number of carbonyl (C=O) groups excluding carboxylic acids is 1. The van der Waals surface area contributed by atoms with Crippen molar-refractivity contribution in [2.45, 2.75) is 56.5 Å². The van der Waals surface area contributed by atoms with Crippen LogP contribution >= 0.6 is 0 Å². The van der Waals surface area contributed by atoms with Gasteiger partial charge in [0.05, 0.1) is 37.5 Å². The number of hydrogen-bond acceptors (Lipinski definition) is 8. The number of amides is 1. The summed E-state index contributed by atoms with van der Waals surface area (Å²) in [5.74, 6) is -5.08. The van der Waals surface area contributed by atoms with Crippen molar-refractivity contribution in [2.75, 3.05) is 32.7 Å². The van der Waals surface area contributed by atoms with Gasteiger partial charge in [0.15, 0.2) is 5.60 Å². The molecule has 4 heterocycles. The van der Waals surface area contributed by atoms with E-state index in [1.807, 2.05) is 27.9 Å². The van der Waals surface area contributed by atoms with E-state index in [0.717, 1.165) is 63.1 Å². The van der Waals surface area contributed by atoms with Gasteiger partial charge in [-0.15, -0.1) is 0 Å². The third-order valence-electron chi connectivity index (χ3n) is 7.98. The zero-order valence-corrected chi connectivity index (χ0v) is 23.0. The molecule has 0 radical (unpaired) electrons. The summed E-state index contributed by atoms with van der Waals surface area (Å²) in [6.45, 7) is 5.32. The number of halogens is 1. The fourth-order valence-electron chi connectivity index (χ4n) is 5.57. The van der Waals surface area contributed by atoms with E-state index in [4.69, 9.17) is 25.2 Å². The van der Waals surface area contributed by atoms with Gasteiger partial charge >= 0.3 is 17.9 Å². The minimum absolute atomic E-state index is 0.0986. The van der Waals surface area contributed by atoms with Crippen LogP contribution in [0.15, 0.2) is 36.7 Å². The second kappa shape index (κ2) is 13.0. The van der Waals surface area contributed by atoms with Gasteiger partial charge in [0, 0.05) is 45.1 Å². The number of hydrogen-bond donors (Lipinski definition) is 4. The Balaban J connectivity index is 0.000000266. The van der Waals surface area contributed by atoms with Crippen molar-refractivity contribution >= 4 is 23.8 Å². The summed E-state index contributed by atoms with van der Waals surface area (Å²) in [5, 5.41) is 38.1. The van der Waals surface area contributed by atoms with Crippen molar-refractivity contribution < 1.29 is 48.7 Å². The highest BCUT2D eigenvalue weighted by Gasteiger charge is 2.44. The third-order valence-corrected chi connectivity index (χ3v) is 7.98. The number of rotatable bonds is 10. The molecule has 3 aliphatic rings. The van der Waals surface area contributed by atoms with E-state index >= 15 is 0 Å². The number of nitrogens with zero attached hydrogens (tertiary/aromatic N) is 4. The summed E-state index contributed by atoms with van der Waals surface area (Å²) >= 11 is 0. The zero-order chi connectivity index (χ0) is 30.5. The summed E-state index contributed by atoms with van der Waals surface area (Å²) in [6, 6.07) is 6.89. The lowest BCUT2D eigenvalue weighted by atomic mass is 9.83. The van der Waals surface area contributed by atoms with Crippen LogP contribution in [-0.2, 0) is 42.7 Å². The summed E-state index contributed by atoms with van der Waals surface area (Å²) in [5.41, 5.74) is -0.990. The number of likely N-dealkylation sites (tertiary alicyclic amines) is 2. The zero-order valence-electron chi connectivity index (χ0n) is 23.0. The van der Waals surface area contributed by atoms with Gasteiger partial charge < -0.3 is 35.0 Å². The molecule has 13 nitrogen and oxygen atoms in total. The highest BCUT2D eigenvalue weighted by Crippen LogP contribution is 2.44. The van der Waals surface area contributed by atoms with Crippen LogP contribution in [-0.4, -0.2) is 102 Å². The van der Waals surface area contributed by atoms with E-state index in [2.05, 4.69) is 10.00 Å². The molecule has 5 rings (SSSR count). The average molecular weight is 591 g/mol. The number of carbonyl (C=O) groups is 4. The molecule has 1 aromatic carbocycles. The summed E-state index contributed by atoms with van der Waals surface area (Å²) in [7, 11) is 0. The Bertz CT molecular complexity index is 1270. The number of benzene rings is 1. The monoisotopic (exact) mass is 590 g/mol. The van der Waals surface area contributed by atoms with Crippen molar-refractivity contribution in [2.24, 2.45) is 5.92 Å². The maximum atomic E-state index is 13.8. The SMILES string of the molecule is O=C(C(CN1CCC2(CC1)OCc1ccc(F)cc12)Cn1cccn1)N1CCC1.O=C(O)CC(O)(CC(=O)O)C(=O)O. The number of carboxylic acid groups (broad SMARTS) is 3. The van der Waals surface area contributed by atoms with E-state index in [1.54, 1.807) is 12.3 Å². The Labute approximate surface area is 241 Å². The molecule has 0 saturated carbocycles. The minimum Gasteiger partial charge on any atom is -0.481 e. The average Bonchev–Trinajstić information content (AvgIpc) is 3.52. The maximum Gasteiger partial charge on any atom is 0.336 e. The molecule has 2 fully saturated rings. The van der Waals surface area contributed by atoms with Crippen molar-refractivity contribution in [3.05, 3.63) is 53.6 Å². The van der Waals surface area contributed by atoms with E-state index in [0.29, 0.717) is 13.2 Å². The number of aromatic nitrogens is 2. The molecule has 0 bridgehead atoms. The van der Waals surface area contributed by atoms with Crippen molar-refractivity contribution in [1.29, 1.82) is 0 Å². The van der Waals surface area contributed by atoms with Crippen LogP contribution in [0.5, 0.6) is 0 Å². The molecule has 2 aromatic rings. The summed E-state index contributed by atoms with van der Waals surface area (Å²) in [4.78, 5) is 47.8. The van der Waals surface area contributed by atoms with Gasteiger partial charge in [0.25, 0.3) is 0 Å². The molecule has 3 aliphatic heterocycles. The molecule has 1 spiro atoms. The smallest absolute Gasteiger partial charge is 0.336 e. The first-order valence-electron chi connectivity index (χ1n) is 13.7. The van der Waals surface area contributed by atoms with Crippen molar-refractivity contribution in [3.63, 3.8) is 0 Å². The molecule has 228 valence electrons. The Morgan fingerprint density at radius 1 is 1.02 bits per heavy atom. The number of ether oxygens (including phenoxy) is 1. The largest absolute Gasteiger partial charge is 0.481 e. The molecule has 42 heavy (non-hydrogen) atoms. The molecule has 1 amide bonds. The number of aliphatic hydroxyl groups is 1. The lowest BCUT2D eigenvalue weighted by molar-refractivity contribution is -0.170. The first kappa shape index (κ1) is 31.1. The van der Waals surface area contributed by atoms with E-state index in [1.165, 1.54) is 6.07 Å². The maximum absolute atomic E-state index is 13.8. The predicted molar refractivity (Wildman–Crippen MR) is 143 cm³/mol. The molecule has 2 saturated heterocycles. The third kappa shape index (κ3) is 7.30. The van der Waals surface area contributed by atoms with E-state index in [9.17, 15) is 23.6 Å². The van der Waals surface area contributed by atoms with Gasteiger partial charge in [-0.1, -0.05) is 6.07 Å². The Morgan fingerprint density at radius 2 is 1.69 bits per heavy atom. The second-order valence-electron chi connectivity index (χ2n) is 11.0. The summed E-state index contributed by atoms with van der Waals surface area (Å²) in [6.07, 6.45) is 4.14. The molecular weight excluding hydrogens is 555 g/mol. The van der Waals surface area contributed by atoms with Crippen LogP contribution in [0.1, 0.15) is 43.2 Å². The van der Waals surface area contributed by atoms with Crippen LogP contribution in [0.4, 0.5) is 4.39 Å². The fourth-order valence-corrected chi connectivity index (χ4v) is 5.57. The fraction of sp³-hybridized carbons (Fsp3) is 0.536. The van der Waals surface area contributed by atoms with Gasteiger partial charge in [0.1, 0.15) is 5.82 Å². The van der Waals surface area contributed by atoms with Gasteiger partial charge in [-0.2, -0.15) is 5.10 Å². The highest BCUT2D eigenvalue weighted by atomic mass is 19.1. The van der Waals surface area contributed by atoms with Gasteiger partial charge in [-0.05, 0) is 48.6 Å². The Morgan fingerprint density at radius 3 is 2.21 bits per heavy atom. The number of carboxylic acids is 3. The molecular formula is C28H35FN4O9. The molecule has 1 aromatic heterocycles. The van der Waals surface area contributed by atoms with Gasteiger partial charge in [0.2, 0.25) is 5.91 Å². The number of piperidine rings is 1. The van der Waals surface area contributed by atoms with Crippen molar-refractivity contribution in [3.8, 4) is 0 Å². The van der Waals surface area contributed by atoms with E-state index < -0.39 is 36.4 Å². The highest BCUT2D eigenvalue weighted by molar-refractivity contribution is 5.88. The topological polar surface area (TPSA) is 183 Å². The summed E-state index contributed by atoms with van der Waals surface area (Å²) < 4.78 is 21.8. The second-order valence-corrected chi connectivity index (χ2v) is 11.0. The predicted octanol–water partition coefficient (Wildman–Crippen LogP) is 1.14. The quantitative estimate of drug-likeness (QED) is 0.311. The Kier molecular flexibility index (Phi) is 9.59. The lowest BCUT2D eigenvalue weighted by Crippen LogP contribution is -2.51. The Hall–Kier alpha value is -3.88. The van der Waals surface area contributed by atoms with Crippen LogP contribution in [0.3, 0.4) is 0 Å². The van der Waals surface area contributed by atoms with Crippen LogP contribution < -0.4 is 0 Å². The number of aliphatic carboxylic acids is 3. The standard InChI is InChI=1S/C22H27FN4O2.C6H8O7/c23-19-4-3-17-16-29-22(20(17)13-19)5-11-25(12-6-22)14-18(15-27-10-1-7-24-27)21(28)26-8-2-9-26;7-3(8)1-6(13,5(11)12)2-4(9)10/h1,3-4,7,10,13,18H,2,5-6,8-9,11-12,14-16H2;13H,1-2H2,(H,7,8)(H,9,10)(H,11,12). The van der Waals surface area contributed by atoms with Crippen molar-refractivity contribution in [1.82, 2.24) is 19.6 Å². The molecule has 14 heteroatoms. The first-order chi connectivity index (χ1) is 19.9. The van der Waals surface area contributed by atoms with Gasteiger partial charge in [-0.3, -0.25) is 19.1 Å². The van der Waals surface area contributed by atoms with Gasteiger partial charge in [-0.25, -0.2) is 9.18 Å². The van der Waals surface area contributed by atoms with Crippen LogP contribution in [0.2, 0.25) is 0 Å². The minimum atomic E-state index is -2.74. The van der Waals surface area contributed by atoms with E-state index in [-0.39, 0.29) is 23.2 Å². The first-order valence-corrected chi connectivity index (χ1v) is 13.7. The normalized spacial score (nSPS) is 18.4. The molecule has 1 atom stereocenters. The van der Waals surface area contributed by atoms with Crippen LogP contribution in [0, 0.1) is 11.7 Å².